The van der Waals surface area contributed by atoms with Gasteiger partial charge >= 0.3 is 5.97 Å². The molecule has 1 aromatic carbocycles. The SMILES string of the molecule is C=S(=O)(C1CCCC(CC)C1C1CCN2NCC(CC(=O)O)C2C1)N1CCC(OCCOCCOCCOCCNC(=O)C[C@@H]2N=C(c3ccc(Cl)cc3)c3c(sc(C)c3C)-n3c(C)nnc32)CC1. The number of hydrogen-bond acceptors (Lipinski definition) is 13. The van der Waals surface area contributed by atoms with E-state index < -0.39 is 21.7 Å². The molecule has 7 unspecified atom stereocenters. The average molecular weight is 1010 g/mol. The van der Waals surface area contributed by atoms with E-state index in [1.807, 2.05) is 35.8 Å². The Kier molecular flexibility index (Phi) is 18.1. The summed E-state index contributed by atoms with van der Waals surface area (Å²) in [5.74, 6) is 6.43. The van der Waals surface area contributed by atoms with E-state index in [4.69, 9.17) is 35.5 Å². The van der Waals surface area contributed by atoms with E-state index in [-0.39, 0.29) is 42.1 Å². The number of piperidine rings is 2. The van der Waals surface area contributed by atoms with Gasteiger partial charge in [0, 0.05) is 80.7 Å². The Morgan fingerprint density at radius 3 is 2.35 bits per heavy atom. The molecule has 4 aliphatic heterocycles. The number of aromatic nitrogens is 3. The molecule has 5 aliphatic rings. The predicted molar refractivity (Wildman–Crippen MR) is 271 cm³/mol. The van der Waals surface area contributed by atoms with Gasteiger partial charge in [-0.25, -0.2) is 9.31 Å². The van der Waals surface area contributed by atoms with Crippen molar-refractivity contribution in [2.45, 2.75) is 115 Å². The number of aryl methyl sites for hydroxylation is 2. The van der Waals surface area contributed by atoms with Crippen molar-refractivity contribution in [3.8, 4) is 5.00 Å². The fraction of sp³-hybridized carbons (Fsp3) is 0.680. The summed E-state index contributed by atoms with van der Waals surface area (Å²) in [5.41, 5.74) is 7.36. The van der Waals surface area contributed by atoms with Crippen molar-refractivity contribution in [1.29, 1.82) is 0 Å². The van der Waals surface area contributed by atoms with Crippen LogP contribution in [-0.4, -0.2) is 153 Å². The van der Waals surface area contributed by atoms with Crippen LogP contribution in [0.1, 0.15) is 110 Å². The molecule has 3 N–H and O–H groups in total. The number of halogens is 1. The minimum absolute atomic E-state index is 0.0578. The maximum Gasteiger partial charge on any atom is 0.303 e. The van der Waals surface area contributed by atoms with E-state index in [0.717, 1.165) is 91.3 Å². The number of aliphatic imine (C=N–C) groups is 1. The zero-order valence-corrected chi connectivity index (χ0v) is 43.3. The summed E-state index contributed by atoms with van der Waals surface area (Å²) < 4.78 is 42.5. The standard InChI is InChI=1S/C50H73ClN8O8S2/c1-6-35-8-7-9-43(47(35)37-14-20-58-42(28-37)38(31-53-58)29-45(61)62)69(5,63)57-18-15-40(16-19-57)67-27-26-66-25-24-65-23-22-64-21-17-52-44(60)30-41-49-56-55-34(4)59(49)50-46(32(2)33(3)68-50)48(54-41)36-10-12-39(51)13-11-36/h10-13,35,37-38,40-43,47,53H,5-9,14-31H2,1-4H3,(H,52,60)(H,61,62)/t35?,37?,38?,41-,42?,43?,47?,69?/m0/s1. The number of benzene rings is 1. The Labute approximate surface area is 417 Å². The third kappa shape index (κ3) is 12.3. The first-order valence-electron chi connectivity index (χ1n) is 25.1. The van der Waals surface area contributed by atoms with Crippen molar-refractivity contribution >= 4 is 56.1 Å². The number of carboxylic acids is 1. The van der Waals surface area contributed by atoms with Crippen LogP contribution in [0.2, 0.25) is 5.02 Å². The van der Waals surface area contributed by atoms with Gasteiger partial charge in [0.15, 0.2) is 5.82 Å². The highest BCUT2D eigenvalue weighted by molar-refractivity contribution is 7.98. The zero-order chi connectivity index (χ0) is 48.7. The molecule has 3 aromatic rings. The van der Waals surface area contributed by atoms with Gasteiger partial charge in [-0.2, -0.15) is 0 Å². The van der Waals surface area contributed by atoms with Gasteiger partial charge in [0.25, 0.3) is 0 Å². The van der Waals surface area contributed by atoms with Crippen molar-refractivity contribution in [2.24, 2.45) is 28.7 Å². The molecule has 2 aromatic heterocycles. The van der Waals surface area contributed by atoms with Crippen molar-refractivity contribution in [3.05, 3.63) is 62.5 Å². The molecule has 1 aliphatic carbocycles. The number of amides is 1. The number of aliphatic carboxylic acids is 1. The third-order valence-electron chi connectivity index (χ3n) is 15.3. The average Bonchev–Trinajstić information content (AvgIpc) is 3.99. The number of nitrogens with one attached hydrogen (secondary N) is 2. The van der Waals surface area contributed by atoms with Crippen LogP contribution in [0.15, 0.2) is 29.3 Å². The summed E-state index contributed by atoms with van der Waals surface area (Å²) in [4.78, 5) is 31.3. The highest BCUT2D eigenvalue weighted by Crippen LogP contribution is 2.47. The lowest BCUT2D eigenvalue weighted by Gasteiger charge is -2.49. The van der Waals surface area contributed by atoms with E-state index in [2.05, 4.69) is 56.9 Å². The summed E-state index contributed by atoms with van der Waals surface area (Å²) in [6.45, 7) is 14.8. The molecule has 380 valence electrons. The van der Waals surface area contributed by atoms with Gasteiger partial charge in [-0.1, -0.05) is 49.9 Å². The number of hydrogen-bond donors (Lipinski definition) is 3. The molecule has 0 radical (unpaired) electrons. The number of carbonyl (C=O) groups excluding carboxylic acids is 1. The molecule has 16 nitrogen and oxygen atoms in total. The number of thiophene rings is 1. The Hall–Kier alpha value is -3.30. The van der Waals surface area contributed by atoms with Gasteiger partial charge in [-0.15, -0.1) is 21.5 Å². The second kappa shape index (κ2) is 23.9. The first-order valence-corrected chi connectivity index (χ1v) is 28.1. The highest BCUT2D eigenvalue weighted by atomic mass is 35.5. The molecule has 3 saturated heterocycles. The molecule has 8 atom stereocenters. The molecule has 19 heteroatoms. The summed E-state index contributed by atoms with van der Waals surface area (Å²) in [6, 6.07) is 7.32. The highest BCUT2D eigenvalue weighted by Gasteiger charge is 2.48. The fourth-order valence-electron chi connectivity index (χ4n) is 11.6. The second-order valence-corrected chi connectivity index (χ2v) is 23.6. The summed E-state index contributed by atoms with van der Waals surface area (Å²) >= 11 is 7.92. The maximum absolute atomic E-state index is 14.8. The second-order valence-electron chi connectivity index (χ2n) is 19.5. The van der Waals surface area contributed by atoms with Crippen LogP contribution in [0, 0.1) is 44.4 Å². The van der Waals surface area contributed by atoms with Gasteiger partial charge in [-0.3, -0.25) is 28.8 Å². The van der Waals surface area contributed by atoms with Gasteiger partial charge < -0.3 is 29.4 Å². The van der Waals surface area contributed by atoms with Crippen LogP contribution in [0.3, 0.4) is 0 Å². The molecule has 0 spiro atoms. The monoisotopic (exact) mass is 1010 g/mol. The van der Waals surface area contributed by atoms with Crippen LogP contribution in [-0.2, 0) is 38.2 Å². The van der Waals surface area contributed by atoms with Crippen LogP contribution in [0.25, 0.3) is 5.00 Å². The number of carbonyl (C=O) groups is 2. The van der Waals surface area contributed by atoms with Crippen LogP contribution in [0.4, 0.5) is 0 Å². The topological polar surface area (TPSA) is 182 Å². The lowest BCUT2D eigenvalue weighted by Crippen LogP contribution is -2.53. The van der Waals surface area contributed by atoms with Crippen molar-refractivity contribution in [1.82, 2.24) is 34.8 Å². The number of hydrazine groups is 1. The smallest absolute Gasteiger partial charge is 0.303 e. The van der Waals surface area contributed by atoms with Gasteiger partial charge in [-0.05, 0) is 94.2 Å². The Balaban J connectivity index is 0.692. The fourth-order valence-corrected chi connectivity index (χ4v) is 15.7. The van der Waals surface area contributed by atoms with Crippen LogP contribution >= 0.6 is 22.9 Å². The summed E-state index contributed by atoms with van der Waals surface area (Å²) in [5, 5.41) is 25.4. The lowest BCUT2D eigenvalue weighted by molar-refractivity contribution is -0.138. The molecule has 1 saturated carbocycles. The van der Waals surface area contributed by atoms with Crippen molar-refractivity contribution in [3.63, 3.8) is 0 Å². The minimum Gasteiger partial charge on any atom is -0.481 e. The van der Waals surface area contributed by atoms with E-state index >= 15 is 0 Å². The molecule has 69 heavy (non-hydrogen) atoms. The van der Waals surface area contributed by atoms with Gasteiger partial charge in [0.1, 0.15) is 16.9 Å². The number of fused-ring (bicyclic) bond motifs is 4. The molecule has 8 rings (SSSR count). The number of rotatable bonds is 22. The minimum atomic E-state index is -2.51. The third-order valence-corrected chi connectivity index (χ3v) is 19.4. The molecular formula is C50H73ClN8O8S2. The predicted octanol–water partition coefficient (Wildman–Crippen LogP) is 6.35. The van der Waals surface area contributed by atoms with Crippen molar-refractivity contribution < 1.29 is 37.9 Å². The maximum atomic E-state index is 14.8. The van der Waals surface area contributed by atoms with Crippen molar-refractivity contribution in [2.75, 3.05) is 79.0 Å². The Bertz CT molecular complexity index is 2350. The summed E-state index contributed by atoms with van der Waals surface area (Å²) in [6.07, 6.45) is 8.35. The van der Waals surface area contributed by atoms with Gasteiger partial charge in [0.05, 0.1) is 70.9 Å². The number of carboxylic acid groups (broad SMARTS) is 1. The van der Waals surface area contributed by atoms with E-state index in [9.17, 15) is 18.9 Å². The molecule has 1 amide bonds. The van der Waals surface area contributed by atoms with Crippen LogP contribution < -0.4 is 10.7 Å². The molecule has 4 fully saturated rings. The number of ether oxygens (including phenoxy) is 4. The van der Waals surface area contributed by atoms with E-state index in [1.54, 1.807) is 11.3 Å². The Morgan fingerprint density at radius 2 is 1.64 bits per heavy atom. The molecule has 6 heterocycles. The molecular weight excluding hydrogens is 940 g/mol. The van der Waals surface area contributed by atoms with Gasteiger partial charge in [0.2, 0.25) is 5.91 Å². The quantitative estimate of drug-likeness (QED) is 0.0751. The normalized spacial score (nSPS) is 26.4. The largest absolute Gasteiger partial charge is 0.481 e. The Morgan fingerprint density at radius 1 is 0.928 bits per heavy atom. The van der Waals surface area contributed by atoms with Crippen LogP contribution in [0.5, 0.6) is 0 Å². The zero-order valence-electron chi connectivity index (χ0n) is 40.9. The first-order chi connectivity index (χ1) is 33.3. The van der Waals surface area contributed by atoms with E-state index in [0.29, 0.717) is 94.5 Å². The van der Waals surface area contributed by atoms with E-state index in [1.165, 1.54) is 11.3 Å². The first kappa shape index (κ1) is 52.0. The lowest BCUT2D eigenvalue weighted by atomic mass is 9.66. The molecule has 0 bridgehead atoms. The number of nitrogens with zero attached hydrogens (tertiary/aromatic N) is 6. The summed E-state index contributed by atoms with van der Waals surface area (Å²) in [7, 11) is -2.51.